The zero-order valence-corrected chi connectivity index (χ0v) is 8.15. The second-order valence-electron chi connectivity index (χ2n) is 2.45. The smallest absolute Gasteiger partial charge is 0.177 e. The zero-order valence-electron chi connectivity index (χ0n) is 7.33. The highest BCUT2D eigenvalue weighted by Crippen LogP contribution is 2.07. The van der Waals surface area contributed by atoms with E-state index < -0.39 is 0 Å². The van der Waals surface area contributed by atoms with E-state index in [-0.39, 0.29) is 0 Å². The summed E-state index contributed by atoms with van der Waals surface area (Å²) >= 11 is 1.51. The normalized spacial score (nSPS) is 11.5. The monoisotopic (exact) mass is 187 g/mol. The fourth-order valence-electron chi connectivity index (χ4n) is 0.782. The minimum absolute atomic E-state index is 0.471. The van der Waals surface area contributed by atoms with Gasteiger partial charge in [0.05, 0.1) is 0 Å². The average molecular weight is 187 g/mol. The molecule has 0 amide bonds. The molecule has 4 N–H and O–H groups in total. The van der Waals surface area contributed by atoms with Crippen LogP contribution in [0.3, 0.4) is 0 Å². The van der Waals surface area contributed by atoms with Crippen LogP contribution in [0.25, 0.3) is 0 Å². The van der Waals surface area contributed by atoms with Crippen LogP contribution in [0.1, 0.15) is 25.7 Å². The van der Waals surface area contributed by atoms with E-state index in [9.17, 15) is 0 Å². The highest BCUT2D eigenvalue weighted by atomic mass is 32.2. The number of thioether (sulfide) groups is 1. The number of amidine groups is 1. The van der Waals surface area contributed by atoms with Crippen molar-refractivity contribution < 1.29 is 0 Å². The summed E-state index contributed by atoms with van der Waals surface area (Å²) in [5.74, 6) is 5.97. The van der Waals surface area contributed by atoms with Crippen LogP contribution in [-0.4, -0.2) is 10.9 Å². The molecular weight excluding hydrogens is 170 g/mol. The first-order valence-electron chi connectivity index (χ1n) is 4.08. The maximum absolute atomic E-state index is 5.39. The van der Waals surface area contributed by atoms with Gasteiger partial charge < -0.3 is 11.6 Å². The minimum atomic E-state index is 0.471. The molecular formula is C8H17N3S. The summed E-state index contributed by atoms with van der Waals surface area (Å²) in [6.45, 7) is 3.66. The number of nitrogens with zero attached hydrogens (tertiary/aromatic N) is 1. The third kappa shape index (κ3) is 7.47. The average Bonchev–Trinajstić information content (AvgIpc) is 2.10. The van der Waals surface area contributed by atoms with E-state index >= 15 is 0 Å². The van der Waals surface area contributed by atoms with Crippen molar-refractivity contribution in [3.05, 3.63) is 12.7 Å². The van der Waals surface area contributed by atoms with Crippen LogP contribution in [0.4, 0.5) is 0 Å². The quantitative estimate of drug-likeness (QED) is 0.166. The lowest BCUT2D eigenvalue weighted by Gasteiger charge is -1.98. The van der Waals surface area contributed by atoms with Crippen LogP contribution >= 0.6 is 11.8 Å². The molecule has 0 rings (SSSR count). The van der Waals surface area contributed by atoms with Gasteiger partial charge in [-0.25, -0.2) is 0 Å². The van der Waals surface area contributed by atoms with Crippen LogP contribution in [0.15, 0.2) is 17.8 Å². The highest BCUT2D eigenvalue weighted by molar-refractivity contribution is 8.13. The van der Waals surface area contributed by atoms with Crippen LogP contribution in [0.2, 0.25) is 0 Å². The van der Waals surface area contributed by atoms with E-state index in [4.69, 9.17) is 11.6 Å². The first-order valence-corrected chi connectivity index (χ1v) is 5.07. The Hall–Kier alpha value is -0.640. The highest BCUT2D eigenvalue weighted by Gasteiger charge is 1.92. The van der Waals surface area contributed by atoms with Gasteiger partial charge in [0.25, 0.3) is 0 Å². The summed E-state index contributed by atoms with van der Waals surface area (Å²) < 4.78 is 0. The van der Waals surface area contributed by atoms with Gasteiger partial charge in [-0.05, 0) is 19.3 Å². The van der Waals surface area contributed by atoms with Gasteiger partial charge in [0, 0.05) is 5.75 Å². The van der Waals surface area contributed by atoms with Crippen molar-refractivity contribution in [2.75, 3.05) is 5.75 Å². The second kappa shape index (κ2) is 8.46. The molecule has 0 aromatic heterocycles. The third-order valence-corrected chi connectivity index (χ3v) is 2.32. The molecule has 3 nitrogen and oxygen atoms in total. The van der Waals surface area contributed by atoms with Crippen LogP contribution in [0.5, 0.6) is 0 Å². The molecule has 12 heavy (non-hydrogen) atoms. The fraction of sp³-hybridized carbons (Fsp3) is 0.625. The number of nitrogens with two attached hydrogens (primary N) is 2. The minimum Gasteiger partial charge on any atom is -0.377 e. The van der Waals surface area contributed by atoms with E-state index in [1.807, 2.05) is 6.08 Å². The summed E-state index contributed by atoms with van der Waals surface area (Å²) in [5, 5.41) is 3.83. The molecule has 0 heterocycles. The Morgan fingerprint density at radius 1 is 1.42 bits per heavy atom. The first kappa shape index (κ1) is 11.4. The van der Waals surface area contributed by atoms with Crippen molar-refractivity contribution in [3.63, 3.8) is 0 Å². The molecule has 0 aromatic rings. The van der Waals surface area contributed by atoms with Crippen LogP contribution < -0.4 is 11.6 Å². The van der Waals surface area contributed by atoms with Gasteiger partial charge in [0.15, 0.2) is 5.17 Å². The molecule has 0 fully saturated rings. The van der Waals surface area contributed by atoms with Gasteiger partial charge in [-0.15, -0.1) is 6.58 Å². The van der Waals surface area contributed by atoms with Crippen molar-refractivity contribution in [3.8, 4) is 0 Å². The van der Waals surface area contributed by atoms with E-state index in [1.54, 1.807) is 0 Å². The first-order chi connectivity index (χ1) is 5.81. The lowest BCUT2D eigenvalue weighted by Crippen LogP contribution is -2.09. The molecule has 0 unspecified atom stereocenters. The third-order valence-electron chi connectivity index (χ3n) is 1.43. The van der Waals surface area contributed by atoms with Gasteiger partial charge in [0.1, 0.15) is 0 Å². The summed E-state index contributed by atoms with van der Waals surface area (Å²) in [4.78, 5) is 0. The van der Waals surface area contributed by atoms with E-state index in [2.05, 4.69) is 11.7 Å². The Morgan fingerprint density at radius 3 is 2.75 bits per heavy atom. The molecule has 0 bridgehead atoms. The Morgan fingerprint density at radius 2 is 2.17 bits per heavy atom. The second-order valence-corrected chi connectivity index (χ2v) is 3.57. The standard InChI is InChI=1S/C8H17N3S/c1-2-3-4-5-6-7-12-8(9)11-10/h2H,1,3-7,10H2,(H2,9,11). The topological polar surface area (TPSA) is 64.4 Å². The Kier molecular flexibility index (Phi) is 8.01. The van der Waals surface area contributed by atoms with Crippen LogP contribution in [0, 0.1) is 0 Å². The number of allylic oxidation sites excluding steroid dienone is 1. The maximum atomic E-state index is 5.39. The predicted molar refractivity (Wildman–Crippen MR) is 56.9 cm³/mol. The lowest BCUT2D eigenvalue weighted by molar-refractivity contribution is 0.736. The van der Waals surface area contributed by atoms with Gasteiger partial charge in [-0.3, -0.25) is 0 Å². The summed E-state index contributed by atoms with van der Waals surface area (Å²) in [7, 11) is 0. The fourth-order valence-corrected chi connectivity index (χ4v) is 1.41. The number of hydrogen-bond acceptors (Lipinski definition) is 3. The van der Waals surface area contributed by atoms with Gasteiger partial charge >= 0.3 is 0 Å². The molecule has 4 heteroatoms. The Labute approximate surface area is 78.3 Å². The SMILES string of the molecule is C=CCCCCCS/C(N)=N\N. The van der Waals surface area contributed by atoms with E-state index in [1.165, 1.54) is 24.6 Å². The van der Waals surface area contributed by atoms with Gasteiger partial charge in [0.2, 0.25) is 0 Å². The summed E-state index contributed by atoms with van der Waals surface area (Å²) in [5.41, 5.74) is 5.39. The van der Waals surface area contributed by atoms with E-state index in [0.717, 1.165) is 18.6 Å². The van der Waals surface area contributed by atoms with Crippen molar-refractivity contribution in [1.29, 1.82) is 0 Å². The predicted octanol–water partition coefficient (Wildman–Crippen LogP) is 1.65. The van der Waals surface area contributed by atoms with Crippen molar-refractivity contribution in [2.24, 2.45) is 16.7 Å². The molecule has 0 atom stereocenters. The number of hydrazone groups is 1. The lowest BCUT2D eigenvalue weighted by atomic mass is 10.2. The zero-order chi connectivity index (χ0) is 9.23. The number of rotatable bonds is 6. The summed E-state index contributed by atoms with van der Waals surface area (Å²) in [6.07, 6.45) is 6.64. The molecule has 0 saturated carbocycles. The molecule has 70 valence electrons. The van der Waals surface area contributed by atoms with Crippen molar-refractivity contribution in [1.82, 2.24) is 0 Å². The van der Waals surface area contributed by atoms with Crippen molar-refractivity contribution >= 4 is 16.9 Å². The van der Waals surface area contributed by atoms with Gasteiger partial charge in [-0.2, -0.15) is 5.10 Å². The molecule has 0 radical (unpaired) electrons. The molecule has 0 saturated heterocycles. The van der Waals surface area contributed by atoms with Crippen molar-refractivity contribution in [2.45, 2.75) is 25.7 Å². The molecule has 0 aromatic carbocycles. The molecule has 0 aliphatic rings. The maximum Gasteiger partial charge on any atom is 0.177 e. The van der Waals surface area contributed by atoms with Gasteiger partial charge in [-0.1, -0.05) is 24.3 Å². The van der Waals surface area contributed by atoms with Crippen LogP contribution in [-0.2, 0) is 0 Å². The molecule has 0 spiro atoms. The molecule has 0 aliphatic carbocycles. The molecule has 0 aliphatic heterocycles. The van der Waals surface area contributed by atoms with E-state index in [0.29, 0.717) is 5.17 Å². The number of hydrogen-bond donors (Lipinski definition) is 2. The Bertz CT molecular complexity index is 145. The largest absolute Gasteiger partial charge is 0.377 e. The Balaban J connectivity index is 3.05. The number of unbranched alkanes of at least 4 members (excludes halogenated alkanes) is 3. The summed E-state index contributed by atoms with van der Waals surface area (Å²) in [6, 6.07) is 0.